The molecule has 0 unspecified atom stereocenters. The van der Waals surface area contributed by atoms with Crippen LogP contribution in [0.5, 0.6) is 5.75 Å². The van der Waals surface area contributed by atoms with Gasteiger partial charge in [0.1, 0.15) is 5.75 Å². The van der Waals surface area contributed by atoms with E-state index in [1.54, 1.807) is 13.2 Å². The van der Waals surface area contributed by atoms with Crippen molar-refractivity contribution in [3.63, 3.8) is 0 Å². The van der Waals surface area contributed by atoms with Gasteiger partial charge in [-0.15, -0.1) is 0 Å². The summed E-state index contributed by atoms with van der Waals surface area (Å²) in [5, 5.41) is 3.10. The summed E-state index contributed by atoms with van der Waals surface area (Å²) < 4.78 is 5.30. The highest BCUT2D eigenvalue weighted by molar-refractivity contribution is 5.96. The smallest absolute Gasteiger partial charge is 0.255 e. The van der Waals surface area contributed by atoms with E-state index in [0.29, 0.717) is 17.9 Å². The van der Waals surface area contributed by atoms with E-state index in [1.165, 1.54) is 24.0 Å². The van der Waals surface area contributed by atoms with Crippen LogP contribution in [-0.4, -0.2) is 37.6 Å². The number of rotatable bonds is 6. The first-order valence-electron chi connectivity index (χ1n) is 8.91. The number of hydrogen-bond acceptors (Lipinski definition) is 3. The van der Waals surface area contributed by atoms with Crippen molar-refractivity contribution in [3.8, 4) is 5.75 Å². The minimum Gasteiger partial charge on any atom is -0.496 e. The largest absolute Gasteiger partial charge is 0.496 e. The minimum absolute atomic E-state index is 0.0891. The fourth-order valence-corrected chi connectivity index (χ4v) is 3.42. The Bertz CT molecular complexity index is 706. The third-order valence-electron chi connectivity index (χ3n) is 4.85. The Morgan fingerprint density at radius 3 is 2.48 bits per heavy atom. The first-order chi connectivity index (χ1) is 12.2. The minimum atomic E-state index is -0.0891. The lowest BCUT2D eigenvalue weighted by molar-refractivity contribution is 0.0935. The molecule has 1 N–H and O–H groups in total. The van der Waals surface area contributed by atoms with E-state index in [9.17, 15) is 4.79 Å². The van der Waals surface area contributed by atoms with Crippen molar-refractivity contribution < 1.29 is 9.53 Å². The number of nitrogens with one attached hydrogen (secondary N) is 1. The number of carbonyl (C=O) groups is 1. The maximum Gasteiger partial charge on any atom is 0.255 e. The van der Waals surface area contributed by atoms with Crippen LogP contribution in [0, 0.1) is 6.92 Å². The second kappa shape index (κ2) is 8.17. The van der Waals surface area contributed by atoms with Crippen LogP contribution >= 0.6 is 0 Å². The summed E-state index contributed by atoms with van der Waals surface area (Å²) in [6.07, 6.45) is 2.45. The van der Waals surface area contributed by atoms with E-state index in [0.717, 1.165) is 13.1 Å². The third-order valence-corrected chi connectivity index (χ3v) is 4.85. The number of nitrogens with zero attached hydrogens (tertiary/aromatic N) is 1. The zero-order valence-electron chi connectivity index (χ0n) is 15.0. The molecule has 1 fully saturated rings. The predicted molar refractivity (Wildman–Crippen MR) is 100 cm³/mol. The van der Waals surface area contributed by atoms with Crippen LogP contribution in [0.25, 0.3) is 0 Å². The maximum absolute atomic E-state index is 12.6. The van der Waals surface area contributed by atoms with E-state index in [4.69, 9.17) is 4.74 Å². The second-order valence-electron chi connectivity index (χ2n) is 6.58. The van der Waals surface area contributed by atoms with Crippen LogP contribution in [0.15, 0.2) is 48.5 Å². The Morgan fingerprint density at radius 2 is 1.80 bits per heavy atom. The average molecular weight is 338 g/mol. The Labute approximate surface area is 149 Å². The summed E-state index contributed by atoms with van der Waals surface area (Å²) in [6, 6.07) is 16.2. The number of amides is 1. The lowest BCUT2D eigenvalue weighted by atomic mass is 10.0. The lowest BCUT2D eigenvalue weighted by Gasteiger charge is -2.28. The summed E-state index contributed by atoms with van der Waals surface area (Å²) in [4.78, 5) is 15.1. The second-order valence-corrected chi connectivity index (χ2v) is 6.58. The first-order valence-corrected chi connectivity index (χ1v) is 8.91. The monoisotopic (exact) mass is 338 g/mol. The van der Waals surface area contributed by atoms with Gasteiger partial charge in [0.05, 0.1) is 18.7 Å². The van der Waals surface area contributed by atoms with Gasteiger partial charge in [0, 0.05) is 6.54 Å². The van der Waals surface area contributed by atoms with E-state index in [-0.39, 0.29) is 11.9 Å². The number of likely N-dealkylation sites (tertiary alicyclic amines) is 1. The van der Waals surface area contributed by atoms with Gasteiger partial charge >= 0.3 is 0 Å². The van der Waals surface area contributed by atoms with Crippen LogP contribution in [-0.2, 0) is 0 Å². The molecule has 0 spiro atoms. The van der Waals surface area contributed by atoms with Crippen LogP contribution in [0.4, 0.5) is 0 Å². The molecule has 1 atom stereocenters. The third kappa shape index (κ3) is 4.20. The molecule has 25 heavy (non-hydrogen) atoms. The molecule has 2 aromatic rings. The molecule has 0 aromatic heterocycles. The fourth-order valence-electron chi connectivity index (χ4n) is 3.42. The fraction of sp³-hybridized carbons (Fsp3) is 0.381. The summed E-state index contributed by atoms with van der Waals surface area (Å²) in [5.41, 5.74) is 3.09. The van der Waals surface area contributed by atoms with E-state index in [1.807, 2.05) is 18.2 Å². The normalized spacial score (nSPS) is 15.8. The van der Waals surface area contributed by atoms with Crippen LogP contribution in [0.3, 0.4) is 0 Å². The number of benzene rings is 2. The van der Waals surface area contributed by atoms with Crippen molar-refractivity contribution in [1.29, 1.82) is 0 Å². The summed E-state index contributed by atoms with van der Waals surface area (Å²) in [7, 11) is 1.59. The quantitative estimate of drug-likeness (QED) is 0.875. The number of ether oxygens (including phenoxy) is 1. The number of para-hydroxylation sites is 1. The molecule has 0 aliphatic carbocycles. The van der Waals surface area contributed by atoms with Crippen LogP contribution < -0.4 is 10.1 Å². The molecule has 1 saturated heterocycles. The number of aryl methyl sites for hydroxylation is 1. The van der Waals surface area contributed by atoms with Crippen LogP contribution in [0.1, 0.15) is 40.4 Å². The highest BCUT2D eigenvalue weighted by atomic mass is 16.5. The SMILES string of the molecule is COc1ccccc1C(=O)NC[C@@H](c1ccc(C)cc1)N1CCCC1. The molecule has 1 aliphatic rings. The van der Waals surface area contributed by atoms with Crippen molar-refractivity contribution in [2.75, 3.05) is 26.7 Å². The van der Waals surface area contributed by atoms with Crippen molar-refractivity contribution in [2.24, 2.45) is 0 Å². The topological polar surface area (TPSA) is 41.6 Å². The van der Waals surface area contributed by atoms with Gasteiger partial charge in [0.25, 0.3) is 5.91 Å². The van der Waals surface area contributed by atoms with Crippen molar-refractivity contribution in [3.05, 3.63) is 65.2 Å². The summed E-state index contributed by atoms with van der Waals surface area (Å²) >= 11 is 0. The van der Waals surface area contributed by atoms with E-state index in [2.05, 4.69) is 41.4 Å². The molecule has 3 rings (SSSR count). The summed E-state index contributed by atoms with van der Waals surface area (Å²) in [5.74, 6) is 0.516. The molecular weight excluding hydrogens is 312 g/mol. The van der Waals surface area contributed by atoms with Crippen molar-refractivity contribution >= 4 is 5.91 Å². The molecule has 0 bridgehead atoms. The van der Waals surface area contributed by atoms with Gasteiger partial charge in [-0.3, -0.25) is 9.69 Å². The van der Waals surface area contributed by atoms with Gasteiger partial charge in [0.2, 0.25) is 0 Å². The van der Waals surface area contributed by atoms with Gasteiger partial charge in [-0.2, -0.15) is 0 Å². The van der Waals surface area contributed by atoms with Gasteiger partial charge in [-0.25, -0.2) is 0 Å². The molecule has 4 heteroatoms. The highest BCUT2D eigenvalue weighted by Gasteiger charge is 2.24. The Hall–Kier alpha value is -2.33. The Morgan fingerprint density at radius 1 is 1.12 bits per heavy atom. The molecule has 1 heterocycles. The van der Waals surface area contributed by atoms with Gasteiger partial charge in [-0.05, 0) is 50.6 Å². The number of methoxy groups -OCH3 is 1. The molecule has 1 amide bonds. The van der Waals surface area contributed by atoms with Gasteiger partial charge in [-0.1, -0.05) is 42.0 Å². The first kappa shape index (κ1) is 17.5. The van der Waals surface area contributed by atoms with Crippen molar-refractivity contribution in [1.82, 2.24) is 10.2 Å². The van der Waals surface area contributed by atoms with Crippen LogP contribution in [0.2, 0.25) is 0 Å². The predicted octanol–water partition coefficient (Wildman–Crippen LogP) is 3.57. The molecule has 0 saturated carbocycles. The summed E-state index contributed by atoms with van der Waals surface area (Å²) in [6.45, 7) is 4.87. The highest BCUT2D eigenvalue weighted by Crippen LogP contribution is 2.25. The molecule has 0 radical (unpaired) electrons. The molecular formula is C21H26N2O2. The zero-order chi connectivity index (χ0) is 17.6. The number of carbonyl (C=O) groups excluding carboxylic acids is 1. The Kier molecular flexibility index (Phi) is 5.71. The zero-order valence-corrected chi connectivity index (χ0v) is 15.0. The average Bonchev–Trinajstić information content (AvgIpc) is 3.17. The standard InChI is InChI=1S/C21H26N2O2/c1-16-9-11-17(12-10-16)19(23-13-5-6-14-23)15-22-21(24)18-7-3-4-8-20(18)25-2/h3-4,7-12,19H,5-6,13-15H2,1-2H3,(H,22,24)/t19-/m0/s1. The van der Waals surface area contributed by atoms with Crippen molar-refractivity contribution in [2.45, 2.75) is 25.8 Å². The Balaban J connectivity index is 1.74. The van der Waals surface area contributed by atoms with Gasteiger partial charge < -0.3 is 10.1 Å². The maximum atomic E-state index is 12.6. The van der Waals surface area contributed by atoms with Gasteiger partial charge in [0.15, 0.2) is 0 Å². The molecule has 1 aliphatic heterocycles. The molecule has 2 aromatic carbocycles. The van der Waals surface area contributed by atoms with E-state index < -0.39 is 0 Å². The number of hydrogen-bond donors (Lipinski definition) is 1. The lowest BCUT2D eigenvalue weighted by Crippen LogP contribution is -2.36. The van der Waals surface area contributed by atoms with E-state index >= 15 is 0 Å². The molecule has 132 valence electrons. The molecule has 4 nitrogen and oxygen atoms in total.